The summed E-state index contributed by atoms with van der Waals surface area (Å²) in [6, 6.07) is 15.6. The molecule has 0 spiro atoms. The summed E-state index contributed by atoms with van der Waals surface area (Å²) in [4.78, 5) is 27.7. The van der Waals surface area contributed by atoms with Crippen LogP contribution in [0, 0.1) is 0 Å². The van der Waals surface area contributed by atoms with Gasteiger partial charge in [0.1, 0.15) is 0 Å². The molecule has 1 aliphatic rings. The summed E-state index contributed by atoms with van der Waals surface area (Å²) in [6.07, 6.45) is 0.896. The Morgan fingerprint density at radius 1 is 1.20 bits per heavy atom. The lowest BCUT2D eigenvalue weighted by molar-refractivity contribution is -0.115. The van der Waals surface area contributed by atoms with E-state index in [0.29, 0.717) is 18.7 Å². The van der Waals surface area contributed by atoms with Gasteiger partial charge in [0.2, 0.25) is 5.91 Å². The number of rotatable bonds is 5. The number of amides is 2. The lowest BCUT2D eigenvalue weighted by Crippen LogP contribution is -2.32. The second-order valence-corrected chi connectivity index (χ2v) is 7.56. The zero-order chi connectivity index (χ0) is 17.8. The van der Waals surface area contributed by atoms with Crippen LogP contribution in [-0.2, 0) is 11.3 Å². The van der Waals surface area contributed by atoms with Gasteiger partial charge in [-0.3, -0.25) is 9.59 Å². The predicted octanol–water partition coefficient (Wildman–Crippen LogP) is 4.17. The summed E-state index contributed by atoms with van der Waals surface area (Å²) in [5.41, 5.74) is 2.45. The second kappa shape index (κ2) is 7.74. The van der Waals surface area contributed by atoms with Crippen molar-refractivity contribution in [3.63, 3.8) is 0 Å². The van der Waals surface area contributed by atoms with Crippen molar-refractivity contribution in [3.05, 3.63) is 59.7 Å². The number of thioether (sulfide) groups is 1. The maximum atomic E-state index is 13.0. The van der Waals surface area contributed by atoms with Gasteiger partial charge >= 0.3 is 0 Å². The van der Waals surface area contributed by atoms with Crippen LogP contribution in [0.1, 0.15) is 36.2 Å². The third-order valence-corrected chi connectivity index (χ3v) is 5.33. The van der Waals surface area contributed by atoms with Crippen molar-refractivity contribution in [2.45, 2.75) is 37.0 Å². The third kappa shape index (κ3) is 4.04. The maximum Gasteiger partial charge on any atom is 0.254 e. The molecule has 3 rings (SSSR count). The van der Waals surface area contributed by atoms with Crippen molar-refractivity contribution in [1.82, 2.24) is 4.90 Å². The van der Waals surface area contributed by atoms with Crippen LogP contribution in [0.4, 0.5) is 5.69 Å². The van der Waals surface area contributed by atoms with Crippen molar-refractivity contribution in [2.75, 3.05) is 11.9 Å². The summed E-state index contributed by atoms with van der Waals surface area (Å²) in [5.74, 6) is -0.0248. The van der Waals surface area contributed by atoms with Crippen LogP contribution < -0.4 is 5.32 Å². The predicted molar refractivity (Wildman–Crippen MR) is 102 cm³/mol. The van der Waals surface area contributed by atoms with Crippen molar-refractivity contribution in [3.8, 4) is 0 Å². The summed E-state index contributed by atoms with van der Waals surface area (Å²) in [5, 5.41) is 2.79. The molecule has 0 saturated carbocycles. The fourth-order valence-corrected chi connectivity index (χ4v) is 3.78. The molecule has 0 bridgehead atoms. The number of anilines is 1. The smallest absolute Gasteiger partial charge is 0.254 e. The Kier molecular flexibility index (Phi) is 5.43. The molecular weight excluding hydrogens is 332 g/mol. The fourth-order valence-electron chi connectivity index (χ4n) is 2.85. The van der Waals surface area contributed by atoms with Crippen molar-refractivity contribution in [2.24, 2.45) is 0 Å². The van der Waals surface area contributed by atoms with Crippen molar-refractivity contribution >= 4 is 29.3 Å². The molecule has 4 nitrogen and oxygen atoms in total. The standard InChI is InChI=1S/C20H22N2O2S/c1-3-11-22(13-15-7-5-4-6-8-15)20(24)16-9-10-18-17(12-16)21-19(23)14(2)25-18/h4-10,12,14H,3,11,13H2,1-2H3,(H,21,23). The van der Waals surface area contributed by atoms with E-state index < -0.39 is 0 Å². The quantitative estimate of drug-likeness (QED) is 0.877. The average molecular weight is 354 g/mol. The number of nitrogens with one attached hydrogen (secondary N) is 1. The molecule has 0 saturated heterocycles. The minimum Gasteiger partial charge on any atom is -0.334 e. The number of benzene rings is 2. The largest absolute Gasteiger partial charge is 0.334 e. The molecule has 5 heteroatoms. The number of hydrogen-bond acceptors (Lipinski definition) is 3. The zero-order valence-corrected chi connectivity index (χ0v) is 15.3. The van der Waals surface area contributed by atoms with E-state index in [9.17, 15) is 9.59 Å². The van der Waals surface area contributed by atoms with Crippen LogP contribution in [0.25, 0.3) is 0 Å². The van der Waals surface area contributed by atoms with Crippen molar-refractivity contribution < 1.29 is 9.59 Å². The molecule has 0 aliphatic carbocycles. The molecule has 2 aromatic carbocycles. The Balaban J connectivity index is 1.82. The van der Waals surface area contributed by atoms with E-state index in [1.807, 2.05) is 54.3 Å². The highest BCUT2D eigenvalue weighted by Crippen LogP contribution is 2.36. The van der Waals surface area contributed by atoms with E-state index >= 15 is 0 Å². The van der Waals surface area contributed by atoms with Gasteiger partial charge in [-0.05, 0) is 37.1 Å². The van der Waals surface area contributed by atoms with E-state index in [-0.39, 0.29) is 17.1 Å². The highest BCUT2D eigenvalue weighted by Gasteiger charge is 2.24. The van der Waals surface area contributed by atoms with E-state index in [2.05, 4.69) is 12.2 Å². The molecule has 0 fully saturated rings. The molecule has 1 atom stereocenters. The molecular formula is C20H22N2O2S. The maximum absolute atomic E-state index is 13.0. The first-order valence-corrected chi connectivity index (χ1v) is 9.41. The van der Waals surface area contributed by atoms with Gasteiger partial charge in [-0.25, -0.2) is 0 Å². The molecule has 1 N–H and O–H groups in total. The summed E-state index contributed by atoms with van der Waals surface area (Å²) in [7, 11) is 0. The van der Waals surface area contributed by atoms with Crippen LogP contribution in [0.2, 0.25) is 0 Å². The Labute approximate surface area is 152 Å². The van der Waals surface area contributed by atoms with Gasteiger partial charge in [0.15, 0.2) is 0 Å². The first-order chi connectivity index (χ1) is 12.1. The van der Waals surface area contributed by atoms with Gasteiger partial charge in [-0.15, -0.1) is 11.8 Å². The topological polar surface area (TPSA) is 49.4 Å². The Bertz CT molecular complexity index is 777. The van der Waals surface area contributed by atoms with Gasteiger partial charge in [0.05, 0.1) is 10.9 Å². The van der Waals surface area contributed by atoms with Crippen molar-refractivity contribution in [1.29, 1.82) is 0 Å². The SMILES string of the molecule is CCCN(Cc1ccccc1)C(=O)c1ccc2c(c1)NC(=O)C(C)S2. The van der Waals surface area contributed by atoms with Gasteiger partial charge < -0.3 is 10.2 Å². The van der Waals surface area contributed by atoms with E-state index in [1.54, 1.807) is 6.07 Å². The molecule has 0 radical (unpaired) electrons. The van der Waals surface area contributed by atoms with E-state index in [1.165, 1.54) is 11.8 Å². The van der Waals surface area contributed by atoms with Crippen LogP contribution in [0.3, 0.4) is 0 Å². The lowest BCUT2D eigenvalue weighted by Gasteiger charge is -2.25. The molecule has 25 heavy (non-hydrogen) atoms. The summed E-state index contributed by atoms with van der Waals surface area (Å²) in [6.45, 7) is 5.23. The number of carbonyl (C=O) groups is 2. The van der Waals surface area contributed by atoms with Gasteiger partial charge in [-0.1, -0.05) is 37.3 Å². The second-order valence-electron chi connectivity index (χ2n) is 6.17. The lowest BCUT2D eigenvalue weighted by atomic mass is 10.1. The third-order valence-electron chi connectivity index (χ3n) is 4.15. The summed E-state index contributed by atoms with van der Waals surface area (Å²) >= 11 is 1.52. The van der Waals surface area contributed by atoms with Crippen LogP contribution in [-0.4, -0.2) is 28.5 Å². The average Bonchev–Trinajstić information content (AvgIpc) is 2.62. The molecule has 1 unspecified atom stereocenters. The molecule has 130 valence electrons. The Morgan fingerprint density at radius 3 is 2.68 bits per heavy atom. The normalized spacial score (nSPS) is 16.1. The van der Waals surface area contributed by atoms with Crippen LogP contribution in [0.15, 0.2) is 53.4 Å². The first kappa shape index (κ1) is 17.5. The fraction of sp³-hybridized carbons (Fsp3) is 0.300. The molecule has 2 aromatic rings. The number of fused-ring (bicyclic) bond motifs is 1. The first-order valence-electron chi connectivity index (χ1n) is 8.53. The highest BCUT2D eigenvalue weighted by molar-refractivity contribution is 8.00. The van der Waals surface area contributed by atoms with Crippen LogP contribution >= 0.6 is 11.8 Å². The monoisotopic (exact) mass is 354 g/mol. The summed E-state index contributed by atoms with van der Waals surface area (Å²) < 4.78 is 0. The number of carbonyl (C=O) groups excluding carboxylic acids is 2. The van der Waals surface area contributed by atoms with E-state index in [0.717, 1.165) is 22.6 Å². The Hall–Kier alpha value is -2.27. The minimum absolute atomic E-state index is 0.00799. The number of nitrogens with zero attached hydrogens (tertiary/aromatic N) is 1. The zero-order valence-electron chi connectivity index (χ0n) is 14.5. The molecule has 1 heterocycles. The van der Waals surface area contributed by atoms with Gasteiger partial charge in [0.25, 0.3) is 5.91 Å². The van der Waals surface area contributed by atoms with Gasteiger partial charge in [-0.2, -0.15) is 0 Å². The van der Waals surface area contributed by atoms with Gasteiger partial charge in [0, 0.05) is 23.5 Å². The highest BCUT2D eigenvalue weighted by atomic mass is 32.2. The number of hydrogen-bond donors (Lipinski definition) is 1. The molecule has 2 amide bonds. The van der Waals surface area contributed by atoms with Crippen LogP contribution in [0.5, 0.6) is 0 Å². The molecule has 0 aromatic heterocycles. The van der Waals surface area contributed by atoms with E-state index in [4.69, 9.17) is 0 Å². The Morgan fingerprint density at radius 2 is 1.96 bits per heavy atom. The minimum atomic E-state index is -0.108. The molecule has 1 aliphatic heterocycles.